The minimum absolute atomic E-state index is 0.0709. The van der Waals surface area contributed by atoms with Gasteiger partial charge in [-0.25, -0.2) is 0 Å². The lowest BCUT2D eigenvalue weighted by molar-refractivity contribution is -0.389. The molecule has 0 saturated heterocycles. The third-order valence-electron chi connectivity index (χ3n) is 2.00. The van der Waals surface area contributed by atoms with Gasteiger partial charge in [-0.15, -0.1) is 0 Å². The van der Waals surface area contributed by atoms with Crippen LogP contribution in [-0.2, 0) is 20.9 Å². The maximum absolute atomic E-state index is 11.4. The predicted octanol–water partition coefficient (Wildman–Crippen LogP) is -0.529. The molecule has 1 amide bonds. The number of hydrogen-bond donors (Lipinski definition) is 1. The number of hydrogen-bond acceptors (Lipinski definition) is 6. The van der Waals surface area contributed by atoms with E-state index in [0.717, 1.165) is 4.68 Å². The van der Waals surface area contributed by atoms with Crippen LogP contribution < -0.4 is 5.32 Å². The van der Waals surface area contributed by atoms with E-state index in [1.54, 1.807) is 0 Å². The van der Waals surface area contributed by atoms with Crippen molar-refractivity contribution in [3.63, 3.8) is 0 Å². The van der Waals surface area contributed by atoms with Crippen molar-refractivity contribution in [3.05, 3.63) is 22.4 Å². The van der Waals surface area contributed by atoms with Gasteiger partial charge in [0, 0.05) is 6.54 Å². The molecule has 9 nitrogen and oxygen atoms in total. The summed E-state index contributed by atoms with van der Waals surface area (Å²) in [6.07, 6.45) is 1.40. The summed E-state index contributed by atoms with van der Waals surface area (Å²) in [4.78, 5) is 31.8. The molecule has 1 N–H and O–H groups in total. The first-order valence-corrected chi connectivity index (χ1v) is 5.04. The zero-order valence-corrected chi connectivity index (χ0v) is 9.66. The molecule has 1 aromatic heterocycles. The Labute approximate surface area is 102 Å². The lowest BCUT2D eigenvalue weighted by atomic mass is 10.4. The first-order valence-electron chi connectivity index (χ1n) is 5.04. The number of carbonyl (C=O) groups is 2. The Morgan fingerprint density at radius 2 is 2.33 bits per heavy atom. The first kappa shape index (κ1) is 13.6. The van der Waals surface area contributed by atoms with Gasteiger partial charge in [0.05, 0.1) is 30.9 Å². The van der Waals surface area contributed by atoms with Gasteiger partial charge in [0.25, 0.3) is 0 Å². The highest BCUT2D eigenvalue weighted by Gasteiger charge is 2.13. The molecule has 0 spiro atoms. The lowest BCUT2D eigenvalue weighted by Gasteiger charge is -2.02. The summed E-state index contributed by atoms with van der Waals surface area (Å²) in [6.45, 7) is 0.00385. The van der Waals surface area contributed by atoms with Crippen LogP contribution in [0, 0.1) is 10.1 Å². The first-order chi connectivity index (χ1) is 8.52. The molecule has 0 atom stereocenters. The maximum Gasteiger partial charge on any atom is 0.389 e. The number of nitrogens with zero attached hydrogens (tertiary/aromatic N) is 3. The second kappa shape index (κ2) is 6.33. The van der Waals surface area contributed by atoms with E-state index in [1.165, 1.54) is 19.4 Å². The molecule has 9 heteroatoms. The van der Waals surface area contributed by atoms with Crippen molar-refractivity contribution in [1.29, 1.82) is 0 Å². The number of ether oxygens (including phenoxy) is 1. The molecule has 0 radical (unpaired) electrons. The van der Waals surface area contributed by atoms with Gasteiger partial charge >= 0.3 is 11.8 Å². The number of rotatable bonds is 6. The van der Waals surface area contributed by atoms with E-state index >= 15 is 0 Å². The molecular weight excluding hydrogens is 244 g/mol. The Morgan fingerprint density at radius 3 is 2.89 bits per heavy atom. The van der Waals surface area contributed by atoms with E-state index in [-0.39, 0.29) is 25.3 Å². The molecule has 1 heterocycles. The third kappa shape index (κ3) is 4.20. The average Bonchev–Trinajstić information content (AvgIpc) is 2.77. The molecular formula is C9H12N4O5. The molecule has 0 bridgehead atoms. The zero-order valence-electron chi connectivity index (χ0n) is 9.66. The molecule has 18 heavy (non-hydrogen) atoms. The van der Waals surface area contributed by atoms with Crippen molar-refractivity contribution >= 4 is 17.7 Å². The fourth-order valence-corrected chi connectivity index (χ4v) is 1.15. The molecule has 0 aliphatic rings. The second-order valence-corrected chi connectivity index (χ2v) is 3.30. The van der Waals surface area contributed by atoms with E-state index in [9.17, 15) is 19.7 Å². The minimum Gasteiger partial charge on any atom is -0.469 e. The van der Waals surface area contributed by atoms with Gasteiger partial charge in [0.1, 0.15) is 6.54 Å². The number of carbonyl (C=O) groups excluding carboxylic acids is 2. The van der Waals surface area contributed by atoms with E-state index in [1.807, 2.05) is 0 Å². The summed E-state index contributed by atoms with van der Waals surface area (Å²) < 4.78 is 5.54. The standard InChI is InChI=1S/C9H12N4O5/c1-18-9(15)2-4-10-8(14)6-12-5-3-7(11-12)13(16)17/h3,5H,2,4,6H2,1H3,(H,10,14). The lowest BCUT2D eigenvalue weighted by Crippen LogP contribution is -2.29. The van der Waals surface area contributed by atoms with Crippen LogP contribution in [0.4, 0.5) is 5.82 Å². The average molecular weight is 256 g/mol. The van der Waals surface area contributed by atoms with Gasteiger partial charge in [-0.05, 0) is 4.92 Å². The summed E-state index contributed by atoms with van der Waals surface area (Å²) in [5.74, 6) is -1.14. The third-order valence-corrected chi connectivity index (χ3v) is 2.00. The van der Waals surface area contributed by atoms with Crippen LogP contribution in [0.1, 0.15) is 6.42 Å². The highest BCUT2D eigenvalue weighted by Crippen LogP contribution is 2.04. The highest BCUT2D eigenvalue weighted by atomic mass is 16.6. The highest BCUT2D eigenvalue weighted by molar-refractivity contribution is 5.76. The molecule has 0 unspecified atom stereocenters. The van der Waals surface area contributed by atoms with Crippen molar-refractivity contribution in [1.82, 2.24) is 15.1 Å². The van der Waals surface area contributed by atoms with Crippen LogP contribution in [0.25, 0.3) is 0 Å². The number of esters is 1. The Hall–Kier alpha value is -2.45. The fraction of sp³-hybridized carbons (Fsp3) is 0.444. The van der Waals surface area contributed by atoms with Crippen molar-refractivity contribution < 1.29 is 19.2 Å². The summed E-state index contributed by atoms with van der Waals surface area (Å²) in [5, 5.41) is 16.4. The Balaban J connectivity index is 2.35. The summed E-state index contributed by atoms with van der Waals surface area (Å²) in [5.41, 5.74) is 0. The number of methoxy groups -OCH3 is 1. The summed E-state index contributed by atoms with van der Waals surface area (Å²) in [7, 11) is 1.26. The molecule has 1 aromatic rings. The van der Waals surface area contributed by atoms with Crippen LogP contribution >= 0.6 is 0 Å². The van der Waals surface area contributed by atoms with Gasteiger partial charge in [-0.2, -0.15) is 4.68 Å². The maximum atomic E-state index is 11.4. The number of aromatic nitrogens is 2. The van der Waals surface area contributed by atoms with Crippen LogP contribution in [0.2, 0.25) is 0 Å². The molecule has 1 rings (SSSR count). The summed E-state index contributed by atoms with van der Waals surface area (Å²) >= 11 is 0. The molecule has 98 valence electrons. The molecule has 0 saturated carbocycles. The predicted molar refractivity (Wildman–Crippen MR) is 58.5 cm³/mol. The topological polar surface area (TPSA) is 116 Å². The van der Waals surface area contributed by atoms with Crippen molar-refractivity contribution in [3.8, 4) is 0 Å². The van der Waals surface area contributed by atoms with Crippen LogP contribution in [0.15, 0.2) is 12.3 Å². The molecule has 0 aliphatic heterocycles. The fourth-order valence-electron chi connectivity index (χ4n) is 1.15. The number of amides is 1. The van der Waals surface area contributed by atoms with Crippen LogP contribution in [-0.4, -0.2) is 40.2 Å². The van der Waals surface area contributed by atoms with E-state index < -0.39 is 16.8 Å². The van der Waals surface area contributed by atoms with Crippen molar-refractivity contribution in [2.75, 3.05) is 13.7 Å². The Morgan fingerprint density at radius 1 is 1.61 bits per heavy atom. The molecule has 0 fully saturated rings. The summed E-state index contributed by atoms with van der Waals surface area (Å²) in [6, 6.07) is 1.20. The quantitative estimate of drug-likeness (QED) is 0.415. The van der Waals surface area contributed by atoms with E-state index in [2.05, 4.69) is 15.2 Å². The minimum atomic E-state index is -0.647. The Kier molecular flexibility index (Phi) is 4.78. The SMILES string of the molecule is COC(=O)CCNC(=O)Cn1ccc([N+](=O)[O-])n1. The van der Waals surface area contributed by atoms with Crippen LogP contribution in [0.5, 0.6) is 0 Å². The van der Waals surface area contributed by atoms with Gasteiger partial charge in [-0.1, -0.05) is 0 Å². The normalized spacial score (nSPS) is 9.83. The van der Waals surface area contributed by atoms with E-state index in [4.69, 9.17) is 0 Å². The number of nitrogens with one attached hydrogen (secondary N) is 1. The monoisotopic (exact) mass is 256 g/mol. The smallest absolute Gasteiger partial charge is 0.389 e. The van der Waals surface area contributed by atoms with Gasteiger partial charge in [0.15, 0.2) is 0 Å². The van der Waals surface area contributed by atoms with Gasteiger partial charge < -0.3 is 20.2 Å². The van der Waals surface area contributed by atoms with Crippen molar-refractivity contribution in [2.45, 2.75) is 13.0 Å². The van der Waals surface area contributed by atoms with Gasteiger partial charge in [-0.3, -0.25) is 9.59 Å². The van der Waals surface area contributed by atoms with Crippen LogP contribution in [0.3, 0.4) is 0 Å². The van der Waals surface area contributed by atoms with Gasteiger partial charge in [0.2, 0.25) is 5.91 Å². The number of nitro groups is 1. The largest absolute Gasteiger partial charge is 0.469 e. The Bertz CT molecular complexity index is 456. The molecule has 0 aromatic carbocycles. The molecule has 0 aliphatic carbocycles. The van der Waals surface area contributed by atoms with Crippen molar-refractivity contribution in [2.24, 2.45) is 0 Å². The van der Waals surface area contributed by atoms with E-state index in [0.29, 0.717) is 0 Å². The second-order valence-electron chi connectivity index (χ2n) is 3.30. The zero-order chi connectivity index (χ0) is 13.5.